The van der Waals surface area contributed by atoms with E-state index in [2.05, 4.69) is 66.8 Å². The number of hydrogen-bond donors (Lipinski definition) is 1. The second-order valence-electron chi connectivity index (χ2n) is 5.07. The summed E-state index contributed by atoms with van der Waals surface area (Å²) in [7, 11) is 2.05. The van der Waals surface area contributed by atoms with E-state index in [1.54, 1.807) is 0 Å². The molecular formula is C18H23N. The maximum absolute atomic E-state index is 3.42. The van der Waals surface area contributed by atoms with E-state index < -0.39 is 0 Å². The Morgan fingerprint density at radius 2 is 1.63 bits per heavy atom. The molecule has 0 radical (unpaired) electrons. The van der Waals surface area contributed by atoms with Crippen LogP contribution in [0.5, 0.6) is 0 Å². The van der Waals surface area contributed by atoms with Crippen LogP contribution in [-0.2, 0) is 6.42 Å². The van der Waals surface area contributed by atoms with Crippen LogP contribution in [0.15, 0.2) is 54.6 Å². The molecule has 0 saturated carbocycles. The Labute approximate surface area is 116 Å². The highest BCUT2D eigenvalue weighted by Gasteiger charge is 2.08. The molecule has 0 aliphatic carbocycles. The summed E-state index contributed by atoms with van der Waals surface area (Å²) in [4.78, 5) is 0. The van der Waals surface area contributed by atoms with Gasteiger partial charge >= 0.3 is 0 Å². The van der Waals surface area contributed by atoms with E-state index in [1.165, 1.54) is 29.5 Å². The van der Waals surface area contributed by atoms with Crippen LogP contribution >= 0.6 is 0 Å². The molecule has 0 amide bonds. The SMILES string of the molecule is CNC(CCCc1ccccc1C)c1ccccc1. The summed E-state index contributed by atoms with van der Waals surface area (Å²) in [6, 6.07) is 19.9. The van der Waals surface area contributed by atoms with Gasteiger partial charge in [0.2, 0.25) is 0 Å². The lowest BCUT2D eigenvalue weighted by Crippen LogP contribution is -2.16. The van der Waals surface area contributed by atoms with Gasteiger partial charge in [-0.1, -0.05) is 54.6 Å². The third-order valence-corrected chi connectivity index (χ3v) is 3.75. The van der Waals surface area contributed by atoms with Gasteiger partial charge in [-0.15, -0.1) is 0 Å². The van der Waals surface area contributed by atoms with Crippen molar-refractivity contribution in [3.05, 3.63) is 71.3 Å². The van der Waals surface area contributed by atoms with Gasteiger partial charge < -0.3 is 5.32 Å². The minimum atomic E-state index is 0.463. The zero-order valence-corrected chi connectivity index (χ0v) is 11.9. The molecule has 0 aliphatic heterocycles. The first-order valence-electron chi connectivity index (χ1n) is 7.08. The second-order valence-corrected chi connectivity index (χ2v) is 5.07. The molecule has 1 nitrogen and oxygen atoms in total. The van der Waals surface area contributed by atoms with Crippen LogP contribution in [0.3, 0.4) is 0 Å². The minimum absolute atomic E-state index is 0.463. The van der Waals surface area contributed by atoms with Gasteiger partial charge in [0.1, 0.15) is 0 Å². The van der Waals surface area contributed by atoms with Crippen molar-refractivity contribution < 1.29 is 0 Å². The first kappa shape index (κ1) is 13.8. The number of nitrogens with one attached hydrogen (secondary N) is 1. The molecule has 2 aromatic rings. The summed E-state index contributed by atoms with van der Waals surface area (Å²) < 4.78 is 0. The highest BCUT2D eigenvalue weighted by atomic mass is 14.9. The molecule has 100 valence electrons. The van der Waals surface area contributed by atoms with Gasteiger partial charge in [-0.2, -0.15) is 0 Å². The molecule has 0 fully saturated rings. The van der Waals surface area contributed by atoms with Crippen LogP contribution in [-0.4, -0.2) is 7.05 Å². The quantitative estimate of drug-likeness (QED) is 0.810. The monoisotopic (exact) mass is 253 g/mol. The molecule has 1 N–H and O–H groups in total. The molecule has 0 aliphatic rings. The average Bonchev–Trinajstić information content (AvgIpc) is 2.46. The van der Waals surface area contributed by atoms with E-state index in [9.17, 15) is 0 Å². The zero-order valence-electron chi connectivity index (χ0n) is 11.9. The van der Waals surface area contributed by atoms with Crippen LogP contribution in [0, 0.1) is 6.92 Å². The zero-order chi connectivity index (χ0) is 13.5. The van der Waals surface area contributed by atoms with E-state index in [0.717, 1.165) is 6.42 Å². The molecule has 1 unspecified atom stereocenters. The molecule has 0 saturated heterocycles. The summed E-state index contributed by atoms with van der Waals surface area (Å²) in [6.07, 6.45) is 3.55. The Hall–Kier alpha value is -1.60. The fourth-order valence-corrected chi connectivity index (χ4v) is 2.55. The van der Waals surface area contributed by atoms with Crippen molar-refractivity contribution in [1.82, 2.24) is 5.32 Å². The summed E-state index contributed by atoms with van der Waals surface area (Å²) in [6.45, 7) is 2.20. The highest BCUT2D eigenvalue weighted by molar-refractivity contribution is 5.25. The van der Waals surface area contributed by atoms with Gasteiger partial charge in [0.05, 0.1) is 0 Å². The first-order valence-corrected chi connectivity index (χ1v) is 7.08. The fraction of sp³-hybridized carbons (Fsp3) is 0.333. The summed E-state index contributed by atoms with van der Waals surface area (Å²) in [5.74, 6) is 0. The van der Waals surface area contributed by atoms with Gasteiger partial charge in [0.15, 0.2) is 0 Å². The molecular weight excluding hydrogens is 230 g/mol. The Bertz CT molecular complexity index is 490. The van der Waals surface area contributed by atoms with Crippen LogP contribution in [0.2, 0.25) is 0 Å². The average molecular weight is 253 g/mol. The molecule has 1 heteroatoms. The molecule has 19 heavy (non-hydrogen) atoms. The van der Waals surface area contributed by atoms with Crippen molar-refractivity contribution >= 4 is 0 Å². The van der Waals surface area contributed by atoms with Gasteiger partial charge in [-0.3, -0.25) is 0 Å². The molecule has 2 aromatic carbocycles. The maximum Gasteiger partial charge on any atom is 0.0317 e. The Balaban J connectivity index is 1.89. The maximum atomic E-state index is 3.42. The molecule has 1 atom stereocenters. The van der Waals surface area contributed by atoms with E-state index in [4.69, 9.17) is 0 Å². The Kier molecular flexibility index (Phi) is 5.17. The molecule has 2 rings (SSSR count). The van der Waals surface area contributed by atoms with Crippen molar-refractivity contribution in [3.63, 3.8) is 0 Å². The Morgan fingerprint density at radius 1 is 0.947 bits per heavy atom. The lowest BCUT2D eigenvalue weighted by Gasteiger charge is -2.16. The van der Waals surface area contributed by atoms with Crippen molar-refractivity contribution in [2.24, 2.45) is 0 Å². The van der Waals surface area contributed by atoms with E-state index in [-0.39, 0.29) is 0 Å². The lowest BCUT2D eigenvalue weighted by atomic mass is 9.97. The first-order chi connectivity index (χ1) is 9.31. The normalized spacial score (nSPS) is 12.3. The number of hydrogen-bond acceptors (Lipinski definition) is 1. The molecule has 0 aromatic heterocycles. The smallest absolute Gasteiger partial charge is 0.0317 e. The minimum Gasteiger partial charge on any atom is -0.313 e. The van der Waals surface area contributed by atoms with Gasteiger partial charge in [0, 0.05) is 6.04 Å². The molecule has 0 heterocycles. The number of aryl methyl sites for hydroxylation is 2. The predicted octanol–water partition coefficient (Wildman–Crippen LogP) is 4.28. The largest absolute Gasteiger partial charge is 0.313 e. The molecule has 0 bridgehead atoms. The second kappa shape index (κ2) is 7.10. The predicted molar refractivity (Wildman–Crippen MR) is 82.4 cm³/mol. The highest BCUT2D eigenvalue weighted by Crippen LogP contribution is 2.20. The summed E-state index contributed by atoms with van der Waals surface area (Å²) in [5, 5.41) is 3.42. The van der Waals surface area contributed by atoms with E-state index >= 15 is 0 Å². The standard InChI is InChI=1S/C18H23N/c1-15-9-6-7-10-16(15)13-8-14-18(19-2)17-11-4-3-5-12-17/h3-7,9-12,18-19H,8,13-14H2,1-2H3. The van der Waals surface area contributed by atoms with Crippen molar-refractivity contribution in [2.45, 2.75) is 32.2 Å². The van der Waals surface area contributed by atoms with Gasteiger partial charge in [0.25, 0.3) is 0 Å². The molecule has 0 spiro atoms. The fourth-order valence-electron chi connectivity index (χ4n) is 2.55. The van der Waals surface area contributed by atoms with Crippen molar-refractivity contribution in [3.8, 4) is 0 Å². The summed E-state index contributed by atoms with van der Waals surface area (Å²) in [5.41, 5.74) is 4.27. The van der Waals surface area contributed by atoms with Gasteiger partial charge in [-0.05, 0) is 49.9 Å². The van der Waals surface area contributed by atoms with Crippen LogP contribution in [0.4, 0.5) is 0 Å². The third-order valence-electron chi connectivity index (χ3n) is 3.75. The number of rotatable bonds is 6. The van der Waals surface area contributed by atoms with Gasteiger partial charge in [-0.25, -0.2) is 0 Å². The summed E-state index contributed by atoms with van der Waals surface area (Å²) >= 11 is 0. The topological polar surface area (TPSA) is 12.0 Å². The number of benzene rings is 2. The van der Waals surface area contributed by atoms with Crippen molar-refractivity contribution in [2.75, 3.05) is 7.05 Å². The van der Waals surface area contributed by atoms with Crippen LogP contribution < -0.4 is 5.32 Å². The van der Waals surface area contributed by atoms with E-state index in [1.807, 2.05) is 7.05 Å². The van der Waals surface area contributed by atoms with Crippen LogP contribution in [0.1, 0.15) is 35.6 Å². The third kappa shape index (κ3) is 3.93. The van der Waals surface area contributed by atoms with Crippen molar-refractivity contribution in [1.29, 1.82) is 0 Å². The lowest BCUT2D eigenvalue weighted by molar-refractivity contribution is 0.527. The van der Waals surface area contributed by atoms with Crippen LogP contribution in [0.25, 0.3) is 0 Å². The van der Waals surface area contributed by atoms with E-state index in [0.29, 0.717) is 6.04 Å². The Morgan fingerprint density at radius 3 is 2.32 bits per heavy atom.